The van der Waals surface area contributed by atoms with Crippen molar-refractivity contribution in [2.24, 2.45) is 5.92 Å². The number of nitrogens with zero attached hydrogens (tertiary/aromatic N) is 1. The molecule has 69 heavy (non-hydrogen) atoms. The second-order valence-electron chi connectivity index (χ2n) is 19.0. The van der Waals surface area contributed by atoms with Crippen molar-refractivity contribution in [3.05, 3.63) is 120 Å². The van der Waals surface area contributed by atoms with E-state index in [1.54, 1.807) is 0 Å². The largest absolute Gasteiger partial charge is 0.361 e. The van der Waals surface area contributed by atoms with Gasteiger partial charge < -0.3 is 41.8 Å². The second kappa shape index (κ2) is 22.8. The monoisotopic (exact) mass is 936 g/mol. The number of aromatic amines is 1. The Morgan fingerprint density at radius 1 is 0.667 bits per heavy atom. The SMILES string of the molecule is CC(=O)N[C@@H](Cc1ccccc1)C(=O)N[C@H]1CCCNC(=O)[C@H](Cc2ccc3ccccc3c2)NC(=O)[C@H](Cc2c[nH]c3ccccc23)NC(=O)[C@@H](CC2CCCCC2)NC(=O)[C@@H]2CCCN2C1=O. The first-order valence-electron chi connectivity index (χ1n) is 24.6. The van der Waals surface area contributed by atoms with Crippen molar-refractivity contribution in [1.82, 2.24) is 41.8 Å². The molecule has 3 heterocycles. The molecular weight excluding hydrogens is 873 g/mol. The Morgan fingerprint density at radius 3 is 2.14 bits per heavy atom. The average molecular weight is 937 g/mol. The molecule has 0 unspecified atom stereocenters. The van der Waals surface area contributed by atoms with E-state index >= 15 is 0 Å². The molecule has 7 amide bonds. The molecule has 1 saturated carbocycles. The van der Waals surface area contributed by atoms with E-state index in [1.165, 1.54) is 11.8 Å². The number of aromatic nitrogens is 1. The lowest BCUT2D eigenvalue weighted by molar-refractivity contribution is -0.142. The molecule has 4 aromatic carbocycles. The van der Waals surface area contributed by atoms with Crippen LogP contribution in [-0.2, 0) is 52.8 Å². The molecule has 1 aromatic heterocycles. The van der Waals surface area contributed by atoms with Gasteiger partial charge in [0.15, 0.2) is 0 Å². The highest BCUT2D eigenvalue weighted by Gasteiger charge is 2.40. The molecule has 0 radical (unpaired) electrons. The number of amides is 7. The summed E-state index contributed by atoms with van der Waals surface area (Å²) in [5.74, 6) is -3.33. The maximum Gasteiger partial charge on any atom is 0.245 e. The van der Waals surface area contributed by atoms with Crippen LogP contribution < -0.4 is 31.9 Å². The predicted octanol–water partition coefficient (Wildman–Crippen LogP) is 4.66. The van der Waals surface area contributed by atoms with E-state index in [0.29, 0.717) is 19.3 Å². The van der Waals surface area contributed by atoms with Gasteiger partial charge in [0.2, 0.25) is 41.4 Å². The minimum absolute atomic E-state index is 0.0873. The molecule has 15 heteroatoms. The Bertz CT molecular complexity index is 2640. The molecule has 2 saturated heterocycles. The molecule has 8 rings (SSSR count). The lowest BCUT2D eigenvalue weighted by Crippen LogP contribution is -2.60. The van der Waals surface area contributed by atoms with Crippen LogP contribution in [-0.4, -0.2) is 101 Å². The number of benzene rings is 4. The number of nitrogens with one attached hydrogen (secondary N) is 7. The lowest BCUT2D eigenvalue weighted by Gasteiger charge is -2.32. The third kappa shape index (κ3) is 12.6. The first-order chi connectivity index (χ1) is 33.5. The fraction of sp³-hybridized carbons (Fsp3) is 0.426. The smallest absolute Gasteiger partial charge is 0.245 e. The fourth-order valence-corrected chi connectivity index (χ4v) is 10.3. The summed E-state index contributed by atoms with van der Waals surface area (Å²) in [7, 11) is 0. The third-order valence-corrected chi connectivity index (χ3v) is 13.9. The van der Waals surface area contributed by atoms with Crippen molar-refractivity contribution in [2.75, 3.05) is 13.1 Å². The van der Waals surface area contributed by atoms with Crippen molar-refractivity contribution in [2.45, 2.75) is 127 Å². The zero-order chi connectivity index (χ0) is 48.3. The van der Waals surface area contributed by atoms with Crippen LogP contribution in [0.4, 0.5) is 0 Å². The van der Waals surface area contributed by atoms with Gasteiger partial charge in [0, 0.05) is 56.4 Å². The summed E-state index contributed by atoms with van der Waals surface area (Å²) in [6, 6.07) is 24.4. The van der Waals surface area contributed by atoms with E-state index in [9.17, 15) is 33.6 Å². The topological polar surface area (TPSA) is 211 Å². The normalized spacial score (nSPS) is 22.9. The standard InChI is InChI=1S/C54H64N8O7/c1-34(63)57-45(29-35-14-4-2-5-15-35)50(65)58-43-22-12-26-55-49(64)44(31-37-24-25-38-18-8-9-19-39(38)28-37)59-52(67)47(32-40-33-56-42-21-11-10-20-41(40)42)60-51(66)46(30-36-16-6-3-7-17-36)61-53(68)48-23-13-27-62(48)54(43)69/h2,4-5,8-11,14-15,18-21,24-25,28,33,36,43-48,56H,3,6-7,12-13,16-17,22-23,26-27,29-32H2,1H3,(H,55,64)(H,57,63)(H,58,65)(H,59,67)(H,60,66)(H,61,68)/t43-,44-,45-,46+,47-,48-/m0/s1. The fourth-order valence-electron chi connectivity index (χ4n) is 10.3. The summed E-state index contributed by atoms with van der Waals surface area (Å²) >= 11 is 0. The van der Waals surface area contributed by atoms with Gasteiger partial charge in [-0.1, -0.05) is 123 Å². The van der Waals surface area contributed by atoms with Crippen molar-refractivity contribution in [1.29, 1.82) is 0 Å². The van der Waals surface area contributed by atoms with E-state index in [2.05, 4.69) is 36.9 Å². The van der Waals surface area contributed by atoms with Gasteiger partial charge in [-0.3, -0.25) is 33.6 Å². The van der Waals surface area contributed by atoms with Crippen LogP contribution in [0.1, 0.15) is 87.8 Å². The molecule has 2 aliphatic heterocycles. The summed E-state index contributed by atoms with van der Waals surface area (Å²) in [5, 5.41) is 20.6. The Hall–Kier alpha value is -7.03. The number of para-hydroxylation sites is 1. The van der Waals surface area contributed by atoms with Crippen molar-refractivity contribution in [3.8, 4) is 0 Å². The zero-order valence-corrected chi connectivity index (χ0v) is 39.3. The molecule has 7 N–H and O–H groups in total. The predicted molar refractivity (Wildman–Crippen MR) is 263 cm³/mol. The van der Waals surface area contributed by atoms with Gasteiger partial charge in [0.05, 0.1) is 0 Å². The molecule has 0 bridgehead atoms. The summed E-state index contributed by atoms with van der Waals surface area (Å²) in [6.07, 6.45) is 8.67. The number of hydrogen-bond donors (Lipinski definition) is 7. The van der Waals surface area contributed by atoms with Crippen LogP contribution >= 0.6 is 0 Å². The number of H-pyrrole nitrogens is 1. The highest BCUT2D eigenvalue weighted by Crippen LogP contribution is 2.29. The van der Waals surface area contributed by atoms with Crippen LogP contribution in [0.2, 0.25) is 0 Å². The van der Waals surface area contributed by atoms with E-state index in [4.69, 9.17) is 0 Å². The first kappa shape index (κ1) is 48.4. The van der Waals surface area contributed by atoms with E-state index in [0.717, 1.165) is 70.5 Å². The Balaban J connectivity index is 1.12. The van der Waals surface area contributed by atoms with Gasteiger partial charge in [0.1, 0.15) is 36.3 Å². The number of hydrogen-bond acceptors (Lipinski definition) is 7. The van der Waals surface area contributed by atoms with Gasteiger partial charge in [-0.15, -0.1) is 0 Å². The first-order valence-corrected chi connectivity index (χ1v) is 24.6. The van der Waals surface area contributed by atoms with Gasteiger partial charge in [-0.2, -0.15) is 0 Å². The van der Waals surface area contributed by atoms with Gasteiger partial charge in [-0.05, 0) is 71.6 Å². The quantitative estimate of drug-likeness (QED) is 0.0995. The van der Waals surface area contributed by atoms with Crippen molar-refractivity contribution < 1.29 is 33.6 Å². The molecule has 6 atom stereocenters. The van der Waals surface area contributed by atoms with Gasteiger partial charge >= 0.3 is 0 Å². The van der Waals surface area contributed by atoms with Crippen LogP contribution in [0.15, 0.2) is 103 Å². The molecule has 0 spiro atoms. The zero-order valence-electron chi connectivity index (χ0n) is 39.3. The molecule has 1 aliphatic carbocycles. The minimum Gasteiger partial charge on any atom is -0.361 e. The lowest BCUT2D eigenvalue weighted by atomic mass is 9.84. The third-order valence-electron chi connectivity index (χ3n) is 13.9. The molecule has 15 nitrogen and oxygen atoms in total. The maximum absolute atomic E-state index is 14.8. The summed E-state index contributed by atoms with van der Waals surface area (Å²) in [5.41, 5.74) is 3.28. The van der Waals surface area contributed by atoms with E-state index in [1.807, 2.05) is 103 Å². The van der Waals surface area contributed by atoms with Crippen LogP contribution in [0.25, 0.3) is 21.7 Å². The van der Waals surface area contributed by atoms with Gasteiger partial charge in [-0.25, -0.2) is 0 Å². The molecule has 3 aliphatic rings. The highest BCUT2D eigenvalue weighted by molar-refractivity contribution is 5.98. The van der Waals surface area contributed by atoms with Gasteiger partial charge in [0.25, 0.3) is 0 Å². The number of carbonyl (C=O) groups excluding carboxylic acids is 7. The Morgan fingerprint density at radius 2 is 1.36 bits per heavy atom. The Labute approximate surface area is 402 Å². The maximum atomic E-state index is 14.8. The van der Waals surface area contributed by atoms with Crippen LogP contribution in [0.5, 0.6) is 0 Å². The summed E-state index contributed by atoms with van der Waals surface area (Å²) in [4.78, 5) is 104. The van der Waals surface area contributed by atoms with E-state index < -0.39 is 77.6 Å². The molecular formula is C54H64N8O7. The summed E-state index contributed by atoms with van der Waals surface area (Å²) < 4.78 is 0. The minimum atomic E-state index is -1.13. The van der Waals surface area contributed by atoms with E-state index in [-0.39, 0.29) is 51.1 Å². The average Bonchev–Trinajstić information content (AvgIpc) is 4.02. The number of rotatable bonds is 11. The molecule has 3 fully saturated rings. The van der Waals surface area contributed by atoms with Crippen LogP contribution in [0.3, 0.4) is 0 Å². The van der Waals surface area contributed by atoms with Crippen molar-refractivity contribution >= 4 is 63.0 Å². The Kier molecular flexibility index (Phi) is 16.0. The molecule has 5 aromatic rings. The van der Waals surface area contributed by atoms with Crippen LogP contribution in [0, 0.1) is 5.92 Å². The molecule has 362 valence electrons. The second-order valence-corrected chi connectivity index (χ2v) is 19.0. The summed E-state index contributed by atoms with van der Waals surface area (Å²) in [6.45, 7) is 1.66. The number of fused-ring (bicyclic) bond motifs is 3. The highest BCUT2D eigenvalue weighted by atomic mass is 16.2. The van der Waals surface area contributed by atoms with Crippen molar-refractivity contribution in [3.63, 3.8) is 0 Å². The number of carbonyl (C=O) groups is 7.